The second-order valence-electron chi connectivity index (χ2n) is 8.21. The van der Waals surface area contributed by atoms with Crippen molar-refractivity contribution in [2.24, 2.45) is 5.73 Å². The molecule has 12 heteroatoms. The number of hydrogen-bond donors (Lipinski definition) is 1. The average molecular weight is 528 g/mol. The lowest BCUT2D eigenvalue weighted by atomic mass is 10.1. The van der Waals surface area contributed by atoms with E-state index in [1.54, 1.807) is 26.8 Å². The van der Waals surface area contributed by atoms with E-state index in [1.807, 2.05) is 13.8 Å². The second-order valence-corrected chi connectivity index (χ2v) is 8.21. The fraction of sp³-hybridized carbons (Fsp3) is 0.600. The Bertz CT molecular complexity index is 905. The van der Waals surface area contributed by atoms with Gasteiger partial charge in [-0.05, 0) is 64.7 Å². The van der Waals surface area contributed by atoms with Gasteiger partial charge in [-0.15, -0.1) is 0 Å². The Balaban J connectivity index is 2.90. The summed E-state index contributed by atoms with van der Waals surface area (Å²) in [7, 11) is 0. The van der Waals surface area contributed by atoms with Gasteiger partial charge in [-0.3, -0.25) is 4.79 Å². The largest absolute Gasteiger partial charge is 0.514 e. The van der Waals surface area contributed by atoms with Crippen molar-refractivity contribution in [1.29, 1.82) is 0 Å². The van der Waals surface area contributed by atoms with Crippen molar-refractivity contribution < 1.29 is 52.3 Å². The van der Waals surface area contributed by atoms with Gasteiger partial charge in [-0.1, -0.05) is 19.9 Å². The first kappa shape index (κ1) is 31.5. The molecule has 0 bridgehead atoms. The molecule has 37 heavy (non-hydrogen) atoms. The van der Waals surface area contributed by atoms with E-state index < -0.39 is 42.7 Å². The number of nitrogens with two attached hydrogens (primary N) is 1. The van der Waals surface area contributed by atoms with Crippen LogP contribution in [-0.2, 0) is 34.9 Å². The maximum Gasteiger partial charge on any atom is 0.514 e. The summed E-state index contributed by atoms with van der Waals surface area (Å²) < 4.78 is 35.4. The van der Waals surface area contributed by atoms with Gasteiger partial charge in [-0.2, -0.15) is 0 Å². The zero-order valence-electron chi connectivity index (χ0n) is 22.1. The van der Waals surface area contributed by atoms with Gasteiger partial charge >= 0.3 is 24.4 Å². The number of ether oxygens (including phenoxy) is 7. The van der Waals surface area contributed by atoms with Gasteiger partial charge in [0.05, 0.1) is 6.61 Å². The van der Waals surface area contributed by atoms with Crippen molar-refractivity contribution in [3.63, 3.8) is 0 Å². The Morgan fingerprint density at radius 1 is 0.757 bits per heavy atom. The highest BCUT2D eigenvalue weighted by Gasteiger charge is 2.22. The standard InChI is InChI=1S/C25H37NO11/c1-7-15(4)33-24(29)36-20-11-10-18(13-21(20)37-25(30)34-16(5)8-2)12-19(26)22(27)32-14-17(6)35-23(28)31-9-3/h10-11,13,15-17,19H,7-9,12,14,26H2,1-6H3/t15?,16?,17-,19-/m0/s1. The molecule has 208 valence electrons. The number of benzene rings is 1. The van der Waals surface area contributed by atoms with Crippen LogP contribution >= 0.6 is 0 Å². The van der Waals surface area contributed by atoms with Gasteiger partial charge in [-0.25, -0.2) is 14.4 Å². The van der Waals surface area contributed by atoms with Crippen LogP contribution in [0.25, 0.3) is 0 Å². The van der Waals surface area contributed by atoms with Crippen LogP contribution < -0.4 is 15.2 Å². The summed E-state index contributed by atoms with van der Waals surface area (Å²) in [6, 6.07) is 3.23. The van der Waals surface area contributed by atoms with Crippen molar-refractivity contribution in [2.75, 3.05) is 13.2 Å². The number of hydrogen-bond acceptors (Lipinski definition) is 12. The van der Waals surface area contributed by atoms with E-state index in [0.717, 1.165) is 0 Å². The molecule has 0 aliphatic heterocycles. The summed E-state index contributed by atoms with van der Waals surface area (Å²) in [4.78, 5) is 47.9. The molecule has 0 saturated carbocycles. The molecule has 0 heterocycles. The highest BCUT2D eigenvalue weighted by molar-refractivity contribution is 5.76. The molecule has 0 amide bonds. The second kappa shape index (κ2) is 16.3. The summed E-state index contributed by atoms with van der Waals surface area (Å²) >= 11 is 0. The topological polar surface area (TPSA) is 159 Å². The maximum atomic E-state index is 12.3. The molecule has 4 atom stereocenters. The SMILES string of the molecule is CCOC(=O)O[C@@H](C)COC(=O)[C@@H](N)Cc1ccc(OC(=O)OC(C)CC)c(OC(=O)OC(C)CC)c1. The number of carbonyl (C=O) groups is 4. The molecule has 2 N–H and O–H groups in total. The minimum Gasteiger partial charge on any atom is -0.461 e. The summed E-state index contributed by atoms with van der Waals surface area (Å²) in [5, 5.41) is 0. The van der Waals surface area contributed by atoms with E-state index in [2.05, 4.69) is 4.74 Å². The molecular formula is C25H37NO11. The zero-order valence-corrected chi connectivity index (χ0v) is 22.1. The number of esters is 1. The van der Waals surface area contributed by atoms with E-state index in [-0.39, 0.29) is 37.2 Å². The van der Waals surface area contributed by atoms with Crippen molar-refractivity contribution in [3.05, 3.63) is 23.8 Å². The molecular weight excluding hydrogens is 490 g/mol. The van der Waals surface area contributed by atoms with Crippen LogP contribution in [0.1, 0.15) is 59.9 Å². The Kier molecular flexibility index (Phi) is 13.8. The third kappa shape index (κ3) is 12.3. The summed E-state index contributed by atoms with van der Waals surface area (Å²) in [5.41, 5.74) is 6.44. The average Bonchev–Trinajstić information content (AvgIpc) is 2.83. The van der Waals surface area contributed by atoms with Crippen LogP contribution in [0.2, 0.25) is 0 Å². The molecule has 1 aromatic carbocycles. The normalized spacial score (nSPS) is 13.8. The van der Waals surface area contributed by atoms with Crippen LogP contribution in [0.4, 0.5) is 14.4 Å². The smallest absolute Gasteiger partial charge is 0.461 e. The van der Waals surface area contributed by atoms with Gasteiger partial charge in [0, 0.05) is 0 Å². The van der Waals surface area contributed by atoms with Crippen LogP contribution in [0.5, 0.6) is 11.5 Å². The molecule has 0 fully saturated rings. The van der Waals surface area contributed by atoms with Crippen molar-refractivity contribution in [3.8, 4) is 11.5 Å². The monoisotopic (exact) mass is 527 g/mol. The van der Waals surface area contributed by atoms with E-state index in [4.69, 9.17) is 34.2 Å². The lowest BCUT2D eigenvalue weighted by molar-refractivity contribution is -0.148. The molecule has 1 rings (SSSR count). The maximum absolute atomic E-state index is 12.3. The van der Waals surface area contributed by atoms with Gasteiger partial charge < -0.3 is 38.9 Å². The summed E-state index contributed by atoms with van der Waals surface area (Å²) in [6.45, 7) is 10.2. The quantitative estimate of drug-likeness (QED) is 0.221. The molecule has 0 aliphatic rings. The van der Waals surface area contributed by atoms with Crippen molar-refractivity contribution in [2.45, 2.75) is 85.2 Å². The van der Waals surface area contributed by atoms with Crippen LogP contribution in [0.15, 0.2) is 18.2 Å². The van der Waals surface area contributed by atoms with Gasteiger partial charge in [0.15, 0.2) is 11.5 Å². The molecule has 0 spiro atoms. The Labute approximate surface area is 216 Å². The lowest BCUT2D eigenvalue weighted by Gasteiger charge is -2.17. The minimum absolute atomic E-state index is 0.000311. The fourth-order valence-corrected chi connectivity index (χ4v) is 2.56. The van der Waals surface area contributed by atoms with Crippen LogP contribution in [-0.4, -0.2) is 62.0 Å². The third-order valence-corrected chi connectivity index (χ3v) is 4.92. The summed E-state index contributed by atoms with van der Waals surface area (Å²) in [6.07, 6.45) is -3.19. The molecule has 2 unspecified atom stereocenters. The first-order valence-corrected chi connectivity index (χ1v) is 12.1. The lowest BCUT2D eigenvalue weighted by Crippen LogP contribution is -2.36. The predicted octanol–water partition coefficient (Wildman–Crippen LogP) is 4.29. The minimum atomic E-state index is -1.09. The molecule has 0 radical (unpaired) electrons. The zero-order chi connectivity index (χ0) is 28.0. The van der Waals surface area contributed by atoms with E-state index >= 15 is 0 Å². The Morgan fingerprint density at radius 3 is 1.84 bits per heavy atom. The third-order valence-electron chi connectivity index (χ3n) is 4.92. The van der Waals surface area contributed by atoms with Gasteiger partial charge in [0.25, 0.3) is 0 Å². The van der Waals surface area contributed by atoms with Crippen LogP contribution in [0.3, 0.4) is 0 Å². The molecule has 12 nitrogen and oxygen atoms in total. The molecule has 0 aliphatic carbocycles. The number of rotatable bonds is 13. The summed E-state index contributed by atoms with van der Waals surface area (Å²) in [5.74, 6) is -0.946. The van der Waals surface area contributed by atoms with Crippen molar-refractivity contribution >= 4 is 24.4 Å². The molecule has 0 aromatic heterocycles. The van der Waals surface area contributed by atoms with E-state index in [1.165, 1.54) is 19.1 Å². The molecule has 1 aromatic rings. The number of carbonyl (C=O) groups excluding carboxylic acids is 4. The Hall–Kier alpha value is -3.54. The Morgan fingerprint density at radius 2 is 1.30 bits per heavy atom. The van der Waals surface area contributed by atoms with Crippen LogP contribution in [0, 0.1) is 0 Å². The van der Waals surface area contributed by atoms with E-state index in [9.17, 15) is 19.2 Å². The van der Waals surface area contributed by atoms with Crippen molar-refractivity contribution in [1.82, 2.24) is 0 Å². The highest BCUT2D eigenvalue weighted by Crippen LogP contribution is 2.30. The van der Waals surface area contributed by atoms with Gasteiger partial charge in [0.1, 0.15) is 31.0 Å². The fourth-order valence-electron chi connectivity index (χ4n) is 2.56. The van der Waals surface area contributed by atoms with E-state index in [0.29, 0.717) is 18.4 Å². The predicted molar refractivity (Wildman–Crippen MR) is 130 cm³/mol. The first-order valence-electron chi connectivity index (χ1n) is 12.1. The molecule has 0 saturated heterocycles. The first-order chi connectivity index (χ1) is 17.5. The highest BCUT2D eigenvalue weighted by atomic mass is 16.8. The van der Waals surface area contributed by atoms with Gasteiger partial charge in [0.2, 0.25) is 0 Å².